The number of carbonyl (C=O) groups excluding carboxylic acids is 1. The molecule has 0 radical (unpaired) electrons. The van der Waals surface area contributed by atoms with E-state index < -0.39 is 9.52 Å². The van der Waals surface area contributed by atoms with E-state index in [1.54, 1.807) is 0 Å². The number of hydrogen-bond donors (Lipinski definition) is 0. The molecular formula is C13H26O4Si. The summed E-state index contributed by atoms with van der Waals surface area (Å²) in [6, 6.07) is 0. The van der Waals surface area contributed by atoms with Gasteiger partial charge in [-0.15, -0.1) is 0 Å². The third-order valence-corrected chi connectivity index (χ3v) is 4.45. The van der Waals surface area contributed by atoms with Crippen molar-refractivity contribution in [3.05, 3.63) is 12.7 Å². The van der Waals surface area contributed by atoms with E-state index >= 15 is 0 Å². The first-order chi connectivity index (χ1) is 8.67. The summed E-state index contributed by atoms with van der Waals surface area (Å²) in [5, 5.41) is 0. The van der Waals surface area contributed by atoms with Crippen LogP contribution in [0, 0.1) is 0 Å². The maximum atomic E-state index is 11.3. The van der Waals surface area contributed by atoms with Gasteiger partial charge in [-0.3, -0.25) is 0 Å². The molecule has 4 nitrogen and oxygen atoms in total. The lowest BCUT2D eigenvalue weighted by molar-refractivity contribution is -0.140. The molecule has 0 spiro atoms. The number of esters is 1. The largest absolute Gasteiger partial charge is 0.464 e. The lowest BCUT2D eigenvalue weighted by Gasteiger charge is -2.22. The fourth-order valence-corrected chi connectivity index (χ4v) is 3.60. The molecule has 5 heteroatoms. The second kappa shape index (κ2) is 11.4. The van der Waals surface area contributed by atoms with Crippen molar-refractivity contribution in [1.29, 1.82) is 0 Å². The Morgan fingerprint density at radius 1 is 1.28 bits per heavy atom. The minimum Gasteiger partial charge on any atom is -0.464 e. The first-order valence-corrected chi connectivity index (χ1v) is 8.37. The zero-order chi connectivity index (χ0) is 13.8. The van der Waals surface area contributed by atoms with Crippen molar-refractivity contribution in [1.82, 2.24) is 0 Å². The van der Waals surface area contributed by atoms with Gasteiger partial charge in [-0.05, 0) is 20.3 Å². The van der Waals surface area contributed by atoms with Crippen LogP contribution in [0.2, 0.25) is 0 Å². The summed E-state index contributed by atoms with van der Waals surface area (Å²) in [4.78, 5) is 11.3. The predicted octanol–water partition coefficient (Wildman–Crippen LogP) is 1.76. The molecule has 0 aromatic heterocycles. The van der Waals surface area contributed by atoms with Gasteiger partial charge in [0.1, 0.15) is 15.4 Å². The summed E-state index contributed by atoms with van der Waals surface area (Å²) < 4.78 is 16.4. The highest BCUT2D eigenvalue weighted by molar-refractivity contribution is 6.38. The molecule has 0 saturated heterocycles. The number of ether oxygens (including phenoxy) is 3. The summed E-state index contributed by atoms with van der Waals surface area (Å²) in [5.74, 6) is -0.519. The molecule has 0 saturated carbocycles. The molecular weight excluding hydrogens is 248 g/mol. The van der Waals surface area contributed by atoms with Crippen LogP contribution in [-0.4, -0.2) is 40.3 Å². The van der Waals surface area contributed by atoms with E-state index in [-0.39, 0.29) is 17.6 Å². The van der Waals surface area contributed by atoms with Gasteiger partial charge in [0.15, 0.2) is 0 Å². The van der Waals surface area contributed by atoms with E-state index in [4.69, 9.17) is 14.2 Å². The van der Waals surface area contributed by atoms with Crippen molar-refractivity contribution in [3.63, 3.8) is 0 Å². The maximum Gasteiger partial charge on any atom is 0.330 e. The van der Waals surface area contributed by atoms with Crippen molar-refractivity contribution in [2.75, 3.05) is 13.2 Å². The Labute approximate surface area is 113 Å². The minimum atomic E-state index is -0.790. The van der Waals surface area contributed by atoms with Gasteiger partial charge < -0.3 is 14.2 Å². The van der Waals surface area contributed by atoms with E-state index in [1.165, 1.54) is 6.08 Å². The number of carbonyl (C=O) groups is 1. The standard InChI is InChI=1S/C13H26O4Si/c1-5-9-10-12(17-11(14)6-2)18-13(15-7-3)16-8-4/h6,12-13H,2,5,7-10,18H2,1,3-4H3. The van der Waals surface area contributed by atoms with Crippen LogP contribution >= 0.6 is 0 Å². The SMILES string of the molecule is C=CC(=O)OC(CCCC)[SiH2]C(OCC)OCC. The molecule has 1 unspecified atom stereocenters. The molecule has 1 atom stereocenters. The Balaban J connectivity index is 4.31. The average Bonchev–Trinajstić information content (AvgIpc) is 2.36. The van der Waals surface area contributed by atoms with Gasteiger partial charge in [0.25, 0.3) is 0 Å². The topological polar surface area (TPSA) is 44.8 Å². The summed E-state index contributed by atoms with van der Waals surface area (Å²) >= 11 is 0. The molecule has 0 aliphatic heterocycles. The lowest BCUT2D eigenvalue weighted by atomic mass is 10.3. The smallest absolute Gasteiger partial charge is 0.330 e. The molecule has 0 aromatic rings. The number of unbranched alkanes of at least 4 members (excludes halogenated alkanes) is 1. The molecule has 0 aliphatic rings. The van der Waals surface area contributed by atoms with Crippen LogP contribution in [0.15, 0.2) is 12.7 Å². The van der Waals surface area contributed by atoms with Crippen molar-refractivity contribution < 1.29 is 19.0 Å². The Morgan fingerprint density at radius 3 is 2.33 bits per heavy atom. The Kier molecular flexibility index (Phi) is 11.0. The fourth-order valence-electron chi connectivity index (χ4n) is 1.64. The highest BCUT2D eigenvalue weighted by atomic mass is 28.2. The van der Waals surface area contributed by atoms with E-state index in [0.717, 1.165) is 19.3 Å². The van der Waals surface area contributed by atoms with Gasteiger partial charge in [-0.2, -0.15) is 0 Å². The summed E-state index contributed by atoms with van der Waals surface area (Å²) in [6.45, 7) is 10.7. The first kappa shape index (κ1) is 17.3. The molecule has 0 aliphatic carbocycles. The van der Waals surface area contributed by atoms with Gasteiger partial charge in [0.05, 0.1) is 5.73 Å². The Hall–Kier alpha value is -0.653. The molecule has 0 heterocycles. The highest BCUT2D eigenvalue weighted by Crippen LogP contribution is 2.08. The van der Waals surface area contributed by atoms with Gasteiger partial charge in [0.2, 0.25) is 0 Å². The molecule has 0 aromatic carbocycles. The van der Waals surface area contributed by atoms with Gasteiger partial charge in [-0.1, -0.05) is 26.3 Å². The van der Waals surface area contributed by atoms with Crippen molar-refractivity contribution >= 4 is 15.5 Å². The third kappa shape index (κ3) is 8.44. The minimum absolute atomic E-state index is 0.0291. The third-order valence-electron chi connectivity index (χ3n) is 2.49. The molecule has 0 amide bonds. The molecule has 0 rings (SSSR count). The quantitative estimate of drug-likeness (QED) is 0.249. The normalized spacial score (nSPS) is 13.1. The Bertz CT molecular complexity index is 227. The van der Waals surface area contributed by atoms with Crippen molar-refractivity contribution in [2.45, 2.75) is 51.7 Å². The van der Waals surface area contributed by atoms with E-state index in [0.29, 0.717) is 13.2 Å². The maximum absolute atomic E-state index is 11.3. The molecule has 0 bridgehead atoms. The highest BCUT2D eigenvalue weighted by Gasteiger charge is 2.20. The second-order valence-electron chi connectivity index (χ2n) is 3.98. The van der Waals surface area contributed by atoms with Crippen LogP contribution in [0.4, 0.5) is 0 Å². The second-order valence-corrected chi connectivity index (χ2v) is 6.03. The average molecular weight is 274 g/mol. The van der Waals surface area contributed by atoms with Crippen LogP contribution in [0.3, 0.4) is 0 Å². The first-order valence-electron chi connectivity index (χ1n) is 6.74. The lowest BCUT2D eigenvalue weighted by Crippen LogP contribution is -2.36. The van der Waals surface area contributed by atoms with Crippen molar-refractivity contribution in [2.24, 2.45) is 0 Å². The van der Waals surface area contributed by atoms with Crippen LogP contribution in [0.5, 0.6) is 0 Å². The monoisotopic (exact) mass is 274 g/mol. The van der Waals surface area contributed by atoms with Gasteiger partial charge in [-0.25, -0.2) is 4.79 Å². The van der Waals surface area contributed by atoms with E-state index in [1.807, 2.05) is 13.8 Å². The molecule has 18 heavy (non-hydrogen) atoms. The zero-order valence-corrected chi connectivity index (χ0v) is 13.2. The van der Waals surface area contributed by atoms with Crippen LogP contribution in [0.1, 0.15) is 40.0 Å². The molecule has 0 fully saturated rings. The summed E-state index contributed by atoms with van der Waals surface area (Å²) in [5.41, 5.74) is -0.0291. The predicted molar refractivity (Wildman–Crippen MR) is 75.2 cm³/mol. The fraction of sp³-hybridized carbons (Fsp3) is 0.769. The van der Waals surface area contributed by atoms with Crippen LogP contribution in [0.25, 0.3) is 0 Å². The summed E-state index contributed by atoms with van der Waals surface area (Å²) in [7, 11) is -0.790. The summed E-state index contributed by atoms with van der Waals surface area (Å²) in [6.07, 6.45) is 4.24. The molecule has 0 N–H and O–H groups in total. The van der Waals surface area contributed by atoms with E-state index in [9.17, 15) is 4.79 Å². The number of hydrogen-bond acceptors (Lipinski definition) is 4. The Morgan fingerprint density at radius 2 is 1.89 bits per heavy atom. The number of rotatable bonds is 11. The van der Waals surface area contributed by atoms with Crippen molar-refractivity contribution in [3.8, 4) is 0 Å². The van der Waals surface area contributed by atoms with Crippen LogP contribution < -0.4 is 0 Å². The van der Waals surface area contributed by atoms with E-state index in [2.05, 4.69) is 13.5 Å². The van der Waals surface area contributed by atoms with Gasteiger partial charge >= 0.3 is 5.97 Å². The zero-order valence-electron chi connectivity index (χ0n) is 11.8. The molecule has 106 valence electrons. The van der Waals surface area contributed by atoms with Gasteiger partial charge in [0, 0.05) is 19.3 Å². The van der Waals surface area contributed by atoms with Crippen LogP contribution in [-0.2, 0) is 19.0 Å².